The molecule has 4 heteroatoms. The minimum Gasteiger partial charge on any atom is -0.504 e. The fourth-order valence-electron chi connectivity index (χ4n) is 2.39. The molecule has 0 aromatic heterocycles. The predicted molar refractivity (Wildman–Crippen MR) is 81.0 cm³/mol. The highest BCUT2D eigenvalue weighted by Crippen LogP contribution is 2.31. The van der Waals surface area contributed by atoms with E-state index in [9.17, 15) is 10.2 Å². The van der Waals surface area contributed by atoms with E-state index in [1.165, 1.54) is 6.07 Å². The molecule has 0 bridgehead atoms. The van der Waals surface area contributed by atoms with Gasteiger partial charge in [0.2, 0.25) is 0 Å². The summed E-state index contributed by atoms with van der Waals surface area (Å²) in [7, 11) is 0. The van der Waals surface area contributed by atoms with Crippen LogP contribution in [0.25, 0.3) is 0 Å². The molecule has 0 aliphatic heterocycles. The van der Waals surface area contributed by atoms with E-state index in [2.05, 4.69) is 11.8 Å². The minimum absolute atomic E-state index is 0.0473. The molecule has 0 saturated carbocycles. The number of likely N-dealkylation sites (N-methyl/N-ethyl adjacent to an activating group) is 1. The topological polar surface area (TPSA) is 69.7 Å². The van der Waals surface area contributed by atoms with Crippen LogP contribution in [0.4, 0.5) is 5.69 Å². The van der Waals surface area contributed by atoms with Gasteiger partial charge in [0.25, 0.3) is 0 Å². The van der Waals surface area contributed by atoms with Crippen molar-refractivity contribution in [2.75, 3.05) is 18.0 Å². The van der Waals surface area contributed by atoms with Gasteiger partial charge < -0.3 is 20.8 Å². The van der Waals surface area contributed by atoms with E-state index in [-0.39, 0.29) is 17.5 Å². The number of phenols is 2. The molecular formula is C16H20N2O2. The van der Waals surface area contributed by atoms with Crippen LogP contribution >= 0.6 is 0 Å². The van der Waals surface area contributed by atoms with Crippen LogP contribution in [0.15, 0.2) is 48.5 Å². The van der Waals surface area contributed by atoms with Crippen molar-refractivity contribution in [3.8, 4) is 11.5 Å². The number of aromatic hydroxyl groups is 2. The van der Waals surface area contributed by atoms with Crippen LogP contribution in [0.3, 0.4) is 0 Å². The lowest BCUT2D eigenvalue weighted by Crippen LogP contribution is -2.33. The highest BCUT2D eigenvalue weighted by molar-refractivity contribution is 5.50. The Hall–Kier alpha value is -2.20. The molecule has 0 fully saturated rings. The first-order valence-corrected chi connectivity index (χ1v) is 6.71. The maximum absolute atomic E-state index is 9.66. The molecule has 1 atom stereocenters. The summed E-state index contributed by atoms with van der Waals surface area (Å²) >= 11 is 0. The zero-order chi connectivity index (χ0) is 14.5. The molecule has 0 spiro atoms. The number of hydrogen-bond acceptors (Lipinski definition) is 4. The zero-order valence-corrected chi connectivity index (χ0v) is 11.5. The molecule has 0 aliphatic rings. The molecule has 4 N–H and O–H groups in total. The lowest BCUT2D eigenvalue weighted by Gasteiger charge is -2.32. The summed E-state index contributed by atoms with van der Waals surface area (Å²) in [5.41, 5.74) is 7.89. The first-order chi connectivity index (χ1) is 9.67. The van der Waals surface area contributed by atoms with Gasteiger partial charge in [-0.3, -0.25) is 0 Å². The van der Waals surface area contributed by atoms with Crippen LogP contribution in [-0.2, 0) is 0 Å². The molecule has 0 heterocycles. The lowest BCUT2D eigenvalue weighted by molar-refractivity contribution is 0.402. The van der Waals surface area contributed by atoms with Gasteiger partial charge >= 0.3 is 0 Å². The van der Waals surface area contributed by atoms with E-state index in [1.54, 1.807) is 12.1 Å². The van der Waals surface area contributed by atoms with Crippen molar-refractivity contribution in [3.63, 3.8) is 0 Å². The Morgan fingerprint density at radius 1 is 1.05 bits per heavy atom. The molecule has 2 aromatic rings. The molecule has 0 amide bonds. The molecule has 106 valence electrons. The fourth-order valence-corrected chi connectivity index (χ4v) is 2.39. The van der Waals surface area contributed by atoms with Gasteiger partial charge in [-0.15, -0.1) is 0 Å². The normalized spacial score (nSPS) is 12.1. The second kappa shape index (κ2) is 6.30. The largest absolute Gasteiger partial charge is 0.504 e. The van der Waals surface area contributed by atoms with Crippen molar-refractivity contribution in [3.05, 3.63) is 54.1 Å². The number of rotatable bonds is 5. The van der Waals surface area contributed by atoms with Crippen molar-refractivity contribution in [2.45, 2.75) is 13.0 Å². The van der Waals surface area contributed by atoms with Crippen LogP contribution in [0.1, 0.15) is 18.5 Å². The summed E-state index contributed by atoms with van der Waals surface area (Å²) < 4.78 is 0. The second-order valence-corrected chi connectivity index (χ2v) is 4.62. The monoisotopic (exact) mass is 272 g/mol. The number of para-hydroxylation sites is 1. The maximum atomic E-state index is 9.66. The molecule has 4 nitrogen and oxygen atoms in total. The van der Waals surface area contributed by atoms with E-state index in [0.29, 0.717) is 6.54 Å². The number of benzene rings is 2. The van der Waals surface area contributed by atoms with E-state index >= 15 is 0 Å². The fraction of sp³-hybridized carbons (Fsp3) is 0.250. The SMILES string of the molecule is CCN(c1ccccc1)C(CN)c1ccc(O)c(O)c1. The molecular weight excluding hydrogens is 252 g/mol. The average molecular weight is 272 g/mol. The third-order valence-electron chi connectivity index (χ3n) is 3.41. The summed E-state index contributed by atoms with van der Waals surface area (Å²) in [6.07, 6.45) is 0. The van der Waals surface area contributed by atoms with Crippen LogP contribution in [0, 0.1) is 0 Å². The van der Waals surface area contributed by atoms with Gasteiger partial charge in [-0.25, -0.2) is 0 Å². The third kappa shape index (κ3) is 2.86. The number of hydrogen-bond donors (Lipinski definition) is 3. The molecule has 0 radical (unpaired) electrons. The van der Waals surface area contributed by atoms with Gasteiger partial charge in [0.05, 0.1) is 6.04 Å². The van der Waals surface area contributed by atoms with Crippen molar-refractivity contribution in [2.24, 2.45) is 5.73 Å². The Bertz CT molecular complexity index is 558. The smallest absolute Gasteiger partial charge is 0.157 e. The van der Waals surface area contributed by atoms with Crippen LogP contribution in [0.2, 0.25) is 0 Å². The van der Waals surface area contributed by atoms with Crippen molar-refractivity contribution in [1.29, 1.82) is 0 Å². The molecule has 1 unspecified atom stereocenters. The summed E-state index contributed by atoms with van der Waals surface area (Å²) in [5.74, 6) is -0.239. The molecule has 2 rings (SSSR count). The minimum atomic E-state index is -0.120. The van der Waals surface area contributed by atoms with Gasteiger partial charge in [-0.1, -0.05) is 24.3 Å². The predicted octanol–water partition coefficient (Wildman–Crippen LogP) is 2.62. The van der Waals surface area contributed by atoms with Crippen LogP contribution in [-0.4, -0.2) is 23.3 Å². The van der Waals surface area contributed by atoms with Crippen molar-refractivity contribution < 1.29 is 10.2 Å². The number of nitrogens with zero attached hydrogens (tertiary/aromatic N) is 1. The zero-order valence-electron chi connectivity index (χ0n) is 11.5. The Balaban J connectivity index is 2.36. The summed E-state index contributed by atoms with van der Waals surface area (Å²) in [6, 6.07) is 14.8. The van der Waals surface area contributed by atoms with E-state index in [1.807, 2.05) is 30.3 Å². The van der Waals surface area contributed by atoms with Gasteiger partial charge in [-0.05, 0) is 36.8 Å². The molecule has 20 heavy (non-hydrogen) atoms. The summed E-state index contributed by atoms with van der Waals surface area (Å²) in [5, 5.41) is 19.1. The highest BCUT2D eigenvalue weighted by Gasteiger charge is 2.19. The van der Waals surface area contributed by atoms with Gasteiger partial charge in [-0.2, -0.15) is 0 Å². The standard InChI is InChI=1S/C16H20N2O2/c1-2-18(13-6-4-3-5-7-13)14(11-17)12-8-9-15(19)16(20)10-12/h3-10,14,19-20H,2,11,17H2,1H3. The molecule has 2 aromatic carbocycles. The van der Waals surface area contributed by atoms with Crippen LogP contribution < -0.4 is 10.6 Å². The quantitative estimate of drug-likeness (QED) is 0.732. The highest BCUT2D eigenvalue weighted by atomic mass is 16.3. The van der Waals surface area contributed by atoms with Gasteiger partial charge in [0.1, 0.15) is 0 Å². The Labute approximate surface area is 119 Å². The second-order valence-electron chi connectivity index (χ2n) is 4.62. The molecule has 0 saturated heterocycles. The van der Waals surface area contributed by atoms with Gasteiger partial charge in [0.15, 0.2) is 11.5 Å². The first kappa shape index (κ1) is 14.2. The summed E-state index contributed by atoms with van der Waals surface area (Å²) in [6.45, 7) is 3.29. The number of phenolic OH excluding ortho intramolecular Hbond substituents is 2. The van der Waals surface area contributed by atoms with Crippen molar-refractivity contribution >= 4 is 5.69 Å². The molecule has 0 aliphatic carbocycles. The van der Waals surface area contributed by atoms with Gasteiger partial charge in [0, 0.05) is 18.8 Å². The lowest BCUT2D eigenvalue weighted by atomic mass is 10.0. The Morgan fingerprint density at radius 3 is 2.30 bits per heavy atom. The first-order valence-electron chi connectivity index (χ1n) is 6.71. The number of nitrogens with two attached hydrogens (primary N) is 1. The van der Waals surface area contributed by atoms with E-state index in [4.69, 9.17) is 5.73 Å². The Kier molecular flexibility index (Phi) is 4.48. The Morgan fingerprint density at radius 2 is 1.75 bits per heavy atom. The maximum Gasteiger partial charge on any atom is 0.157 e. The third-order valence-corrected chi connectivity index (χ3v) is 3.41. The van der Waals surface area contributed by atoms with Crippen molar-refractivity contribution in [1.82, 2.24) is 0 Å². The number of anilines is 1. The van der Waals surface area contributed by atoms with E-state index < -0.39 is 0 Å². The van der Waals surface area contributed by atoms with Crippen LogP contribution in [0.5, 0.6) is 11.5 Å². The van der Waals surface area contributed by atoms with E-state index in [0.717, 1.165) is 17.8 Å². The summed E-state index contributed by atoms with van der Waals surface area (Å²) in [4.78, 5) is 2.17. The average Bonchev–Trinajstić information content (AvgIpc) is 2.48.